The van der Waals surface area contributed by atoms with Crippen molar-refractivity contribution >= 4 is 28.9 Å². The van der Waals surface area contributed by atoms with Gasteiger partial charge in [0.2, 0.25) is 0 Å². The molecule has 5 heteroatoms. The topological polar surface area (TPSA) is 52.3 Å². The Kier molecular flexibility index (Phi) is 4.35. The van der Waals surface area contributed by atoms with Crippen LogP contribution in [0.3, 0.4) is 0 Å². The van der Waals surface area contributed by atoms with Crippen molar-refractivity contribution in [2.24, 2.45) is 5.73 Å². The quantitative estimate of drug-likeness (QED) is 0.848. The lowest BCUT2D eigenvalue weighted by Crippen LogP contribution is -2.42. The van der Waals surface area contributed by atoms with Gasteiger partial charge in [-0.1, -0.05) is 18.5 Å². The lowest BCUT2D eigenvalue weighted by atomic mass is 9.75. The maximum absolute atomic E-state index is 11.4. The average molecular weight is 262 g/mol. The summed E-state index contributed by atoms with van der Waals surface area (Å²) in [4.78, 5) is 11.4. The van der Waals surface area contributed by atoms with Gasteiger partial charge in [-0.15, -0.1) is 11.3 Å². The van der Waals surface area contributed by atoms with Gasteiger partial charge in [0, 0.05) is 11.5 Å². The zero-order valence-electron chi connectivity index (χ0n) is 9.62. The maximum Gasteiger partial charge on any atom is 0.306 e. The third-order valence-electron chi connectivity index (χ3n) is 2.97. The Morgan fingerprint density at radius 3 is 2.75 bits per heavy atom. The van der Waals surface area contributed by atoms with Crippen LogP contribution in [0.4, 0.5) is 0 Å². The van der Waals surface area contributed by atoms with Gasteiger partial charge >= 0.3 is 5.97 Å². The molecule has 2 N–H and O–H groups in total. The van der Waals surface area contributed by atoms with Crippen molar-refractivity contribution in [2.75, 3.05) is 7.11 Å². The van der Waals surface area contributed by atoms with Gasteiger partial charge in [-0.25, -0.2) is 0 Å². The molecule has 0 fully saturated rings. The largest absolute Gasteiger partial charge is 0.469 e. The van der Waals surface area contributed by atoms with Gasteiger partial charge < -0.3 is 10.5 Å². The molecule has 90 valence electrons. The summed E-state index contributed by atoms with van der Waals surface area (Å²) >= 11 is 7.34. The van der Waals surface area contributed by atoms with Crippen LogP contribution in [-0.2, 0) is 14.9 Å². The van der Waals surface area contributed by atoms with Crippen LogP contribution in [0, 0.1) is 0 Å². The van der Waals surface area contributed by atoms with E-state index in [1.165, 1.54) is 18.4 Å². The fourth-order valence-electron chi connectivity index (χ4n) is 1.51. The Morgan fingerprint density at radius 2 is 2.38 bits per heavy atom. The van der Waals surface area contributed by atoms with Crippen LogP contribution >= 0.6 is 22.9 Å². The molecule has 2 unspecified atom stereocenters. The minimum atomic E-state index is -0.434. The van der Waals surface area contributed by atoms with Crippen LogP contribution in [0.5, 0.6) is 0 Å². The van der Waals surface area contributed by atoms with Crippen LogP contribution < -0.4 is 5.73 Å². The molecule has 1 heterocycles. The highest BCUT2D eigenvalue weighted by atomic mass is 35.5. The van der Waals surface area contributed by atoms with E-state index < -0.39 is 5.41 Å². The molecule has 1 aromatic rings. The first-order valence-electron chi connectivity index (χ1n) is 4.97. The normalized spacial score (nSPS) is 16.6. The van der Waals surface area contributed by atoms with E-state index >= 15 is 0 Å². The molecule has 0 saturated heterocycles. The van der Waals surface area contributed by atoms with Crippen molar-refractivity contribution in [3.8, 4) is 0 Å². The monoisotopic (exact) mass is 261 g/mol. The number of hydrogen-bond donors (Lipinski definition) is 1. The smallest absolute Gasteiger partial charge is 0.306 e. The maximum atomic E-state index is 11.4. The van der Waals surface area contributed by atoms with E-state index in [2.05, 4.69) is 0 Å². The molecule has 0 radical (unpaired) electrons. The predicted octanol–water partition coefficient (Wildman–Crippen LogP) is 2.57. The van der Waals surface area contributed by atoms with E-state index in [1.54, 1.807) is 0 Å². The van der Waals surface area contributed by atoms with E-state index in [0.29, 0.717) is 4.34 Å². The third-order valence-corrected chi connectivity index (χ3v) is 4.06. The second-order valence-corrected chi connectivity index (χ2v) is 5.64. The highest BCUT2D eigenvalue weighted by Gasteiger charge is 2.34. The molecule has 0 spiro atoms. The van der Waals surface area contributed by atoms with Crippen LogP contribution in [0.25, 0.3) is 0 Å². The van der Waals surface area contributed by atoms with Crippen molar-refractivity contribution < 1.29 is 9.53 Å². The Labute approximate surface area is 105 Å². The number of esters is 1. The minimum Gasteiger partial charge on any atom is -0.469 e. The van der Waals surface area contributed by atoms with Crippen LogP contribution in [0.2, 0.25) is 4.34 Å². The highest BCUT2D eigenvalue weighted by Crippen LogP contribution is 2.35. The average Bonchev–Trinajstić information content (AvgIpc) is 2.64. The van der Waals surface area contributed by atoms with E-state index in [9.17, 15) is 4.79 Å². The molecule has 0 bridgehead atoms. The molecule has 0 aromatic carbocycles. The van der Waals surface area contributed by atoms with Crippen molar-refractivity contribution in [1.82, 2.24) is 0 Å². The van der Waals surface area contributed by atoms with Gasteiger partial charge in [0.05, 0.1) is 17.9 Å². The van der Waals surface area contributed by atoms with Crippen molar-refractivity contribution in [1.29, 1.82) is 0 Å². The number of nitrogens with two attached hydrogens (primary N) is 1. The summed E-state index contributed by atoms with van der Waals surface area (Å²) in [5.41, 5.74) is 6.52. The van der Waals surface area contributed by atoms with Crippen molar-refractivity contribution in [3.05, 3.63) is 21.3 Å². The number of thiophene rings is 1. The van der Waals surface area contributed by atoms with Crippen LogP contribution in [0.15, 0.2) is 11.4 Å². The highest BCUT2D eigenvalue weighted by molar-refractivity contribution is 7.14. The van der Waals surface area contributed by atoms with Crippen LogP contribution in [0.1, 0.15) is 25.8 Å². The molecule has 16 heavy (non-hydrogen) atoms. The Bertz CT molecular complexity index is 378. The number of ether oxygens (including phenoxy) is 1. The SMILES string of the molecule is COC(=O)CC(C)(c1csc(Cl)c1)C(C)N. The lowest BCUT2D eigenvalue weighted by molar-refractivity contribution is -0.142. The lowest BCUT2D eigenvalue weighted by Gasteiger charge is -2.32. The number of rotatable bonds is 4. The second kappa shape index (κ2) is 5.17. The third kappa shape index (κ3) is 2.75. The van der Waals surface area contributed by atoms with Crippen molar-refractivity contribution in [2.45, 2.75) is 31.7 Å². The predicted molar refractivity (Wildman–Crippen MR) is 67.0 cm³/mol. The van der Waals surface area contributed by atoms with E-state index in [4.69, 9.17) is 22.1 Å². The van der Waals surface area contributed by atoms with Crippen LogP contribution in [-0.4, -0.2) is 19.1 Å². The number of hydrogen-bond acceptors (Lipinski definition) is 4. The second-order valence-electron chi connectivity index (χ2n) is 4.10. The molecule has 0 aliphatic rings. The summed E-state index contributed by atoms with van der Waals surface area (Å²) in [6.45, 7) is 3.83. The number of methoxy groups -OCH3 is 1. The fraction of sp³-hybridized carbons (Fsp3) is 0.545. The van der Waals surface area contributed by atoms with Gasteiger partial charge in [0.15, 0.2) is 0 Å². The first kappa shape index (κ1) is 13.5. The first-order chi connectivity index (χ1) is 7.40. The summed E-state index contributed by atoms with van der Waals surface area (Å²) in [6.07, 6.45) is 0.258. The molecule has 1 aromatic heterocycles. The zero-order chi connectivity index (χ0) is 12.3. The molecule has 0 amide bonds. The fourth-order valence-corrected chi connectivity index (χ4v) is 2.53. The van der Waals surface area contributed by atoms with Gasteiger partial charge in [-0.2, -0.15) is 0 Å². The van der Waals surface area contributed by atoms with Gasteiger partial charge in [0.25, 0.3) is 0 Å². The van der Waals surface area contributed by atoms with Gasteiger partial charge in [-0.05, 0) is 23.9 Å². The van der Waals surface area contributed by atoms with E-state index in [1.807, 2.05) is 25.3 Å². The molecule has 0 saturated carbocycles. The number of halogens is 1. The van der Waals surface area contributed by atoms with E-state index in [0.717, 1.165) is 5.56 Å². The minimum absolute atomic E-state index is 0.155. The molecule has 1 rings (SSSR count). The zero-order valence-corrected chi connectivity index (χ0v) is 11.2. The molecule has 2 atom stereocenters. The summed E-state index contributed by atoms with van der Waals surface area (Å²) in [5.74, 6) is -0.262. The Morgan fingerprint density at radius 1 is 1.75 bits per heavy atom. The van der Waals surface area contributed by atoms with E-state index in [-0.39, 0.29) is 18.4 Å². The standard InChI is InChI=1S/C11H16ClNO2S/c1-7(13)11(2,5-10(14)15-3)8-4-9(12)16-6-8/h4,6-7H,5,13H2,1-3H3. The van der Waals surface area contributed by atoms with Gasteiger partial charge in [0.1, 0.15) is 0 Å². The molecule has 0 aliphatic heterocycles. The number of carbonyl (C=O) groups excluding carboxylic acids is 1. The summed E-state index contributed by atoms with van der Waals surface area (Å²) in [6, 6.07) is 1.70. The summed E-state index contributed by atoms with van der Waals surface area (Å²) in [5, 5.41) is 1.94. The first-order valence-corrected chi connectivity index (χ1v) is 6.23. The Balaban J connectivity index is 3.01. The molecular formula is C11H16ClNO2S. The number of carbonyl (C=O) groups is 1. The van der Waals surface area contributed by atoms with Gasteiger partial charge in [-0.3, -0.25) is 4.79 Å². The molecule has 0 aliphatic carbocycles. The summed E-state index contributed by atoms with van der Waals surface area (Å²) < 4.78 is 5.40. The summed E-state index contributed by atoms with van der Waals surface area (Å²) in [7, 11) is 1.38. The Hall–Kier alpha value is -0.580. The molecular weight excluding hydrogens is 246 g/mol. The van der Waals surface area contributed by atoms with Crippen molar-refractivity contribution in [3.63, 3.8) is 0 Å². The molecule has 3 nitrogen and oxygen atoms in total.